The first-order valence-electron chi connectivity index (χ1n) is 7.71. The zero-order chi connectivity index (χ0) is 16.5. The summed E-state index contributed by atoms with van der Waals surface area (Å²) in [5.74, 6) is 0.123. The van der Waals surface area contributed by atoms with Crippen molar-refractivity contribution in [1.29, 1.82) is 0 Å². The number of aromatic amines is 1. The number of nitrogens with one attached hydrogen (secondary N) is 1. The molecule has 118 valence electrons. The number of aliphatic hydroxyl groups is 1. The highest BCUT2D eigenvalue weighted by Gasteiger charge is 2.14. The highest BCUT2D eigenvalue weighted by Crippen LogP contribution is 2.34. The van der Waals surface area contributed by atoms with E-state index < -0.39 is 6.10 Å². The van der Waals surface area contributed by atoms with Gasteiger partial charge < -0.3 is 15.2 Å². The Hall–Kier alpha value is -3.11. The molecule has 0 fully saturated rings. The Labute approximate surface area is 139 Å². The molecule has 0 saturated heterocycles. The topological polar surface area (TPSA) is 69.1 Å². The van der Waals surface area contributed by atoms with Crippen molar-refractivity contribution >= 4 is 10.9 Å². The number of fused-ring (bicyclic) bond motifs is 1. The summed E-state index contributed by atoms with van der Waals surface area (Å²) >= 11 is 0. The molecule has 0 aliphatic heterocycles. The van der Waals surface area contributed by atoms with Gasteiger partial charge in [-0.15, -0.1) is 0 Å². The first kappa shape index (κ1) is 14.5. The van der Waals surface area contributed by atoms with Gasteiger partial charge in [0.15, 0.2) is 0 Å². The monoisotopic (exact) mass is 316 g/mol. The SMILES string of the molecule is Oc1cc(-c2cccc3[nH]ccc23)cc(C(O)c2cccnc2)c1. The molecular weight excluding hydrogens is 300 g/mol. The number of phenolic OH excluding ortho intramolecular Hbond substituents is 1. The van der Waals surface area contributed by atoms with Crippen LogP contribution in [0.15, 0.2) is 73.2 Å². The standard InChI is InChI=1S/C20H16N2O2/c23-16-10-14(17-4-1-5-19-18(17)6-8-22-19)9-15(11-16)20(24)13-3-2-7-21-12-13/h1-12,20,22-24H. The predicted molar refractivity (Wildman–Crippen MR) is 93.7 cm³/mol. The maximum Gasteiger partial charge on any atom is 0.116 e. The number of hydrogen-bond acceptors (Lipinski definition) is 3. The van der Waals surface area contributed by atoms with Gasteiger partial charge in [-0.1, -0.05) is 18.2 Å². The maximum atomic E-state index is 10.6. The van der Waals surface area contributed by atoms with Gasteiger partial charge in [-0.05, 0) is 53.1 Å². The number of aromatic nitrogens is 2. The normalized spacial score (nSPS) is 12.4. The zero-order valence-corrected chi connectivity index (χ0v) is 12.8. The number of nitrogens with zero attached hydrogens (tertiary/aromatic N) is 1. The maximum absolute atomic E-state index is 10.6. The predicted octanol–water partition coefficient (Wildman–Crippen LogP) is 4.02. The van der Waals surface area contributed by atoms with Gasteiger partial charge in [0.25, 0.3) is 0 Å². The Bertz CT molecular complexity index is 993. The lowest BCUT2D eigenvalue weighted by molar-refractivity contribution is 0.219. The second-order valence-electron chi connectivity index (χ2n) is 5.75. The summed E-state index contributed by atoms with van der Waals surface area (Å²) in [5.41, 5.74) is 4.21. The van der Waals surface area contributed by atoms with E-state index >= 15 is 0 Å². The van der Waals surface area contributed by atoms with Crippen LogP contribution in [-0.4, -0.2) is 20.2 Å². The Morgan fingerprint density at radius 2 is 1.88 bits per heavy atom. The first-order valence-corrected chi connectivity index (χ1v) is 7.71. The first-order chi connectivity index (χ1) is 11.7. The van der Waals surface area contributed by atoms with E-state index in [0.29, 0.717) is 11.1 Å². The average Bonchev–Trinajstić information content (AvgIpc) is 3.10. The van der Waals surface area contributed by atoms with E-state index in [1.165, 1.54) is 0 Å². The van der Waals surface area contributed by atoms with Gasteiger partial charge in [-0.25, -0.2) is 0 Å². The number of rotatable bonds is 3. The van der Waals surface area contributed by atoms with Crippen LogP contribution in [0.4, 0.5) is 0 Å². The summed E-state index contributed by atoms with van der Waals surface area (Å²) in [6.45, 7) is 0. The van der Waals surface area contributed by atoms with E-state index in [4.69, 9.17) is 0 Å². The van der Waals surface area contributed by atoms with Crippen molar-refractivity contribution in [3.8, 4) is 16.9 Å². The summed E-state index contributed by atoms with van der Waals surface area (Å²) in [4.78, 5) is 7.23. The summed E-state index contributed by atoms with van der Waals surface area (Å²) in [5, 5.41) is 21.8. The third-order valence-electron chi connectivity index (χ3n) is 4.16. The molecule has 0 aliphatic carbocycles. The smallest absolute Gasteiger partial charge is 0.116 e. The molecule has 2 aromatic heterocycles. The molecule has 4 heteroatoms. The van der Waals surface area contributed by atoms with Crippen molar-refractivity contribution in [2.24, 2.45) is 0 Å². The molecule has 0 amide bonds. The molecule has 0 saturated carbocycles. The lowest BCUT2D eigenvalue weighted by Gasteiger charge is -2.14. The molecule has 2 aromatic carbocycles. The number of aromatic hydroxyl groups is 1. The van der Waals surface area contributed by atoms with Crippen LogP contribution in [-0.2, 0) is 0 Å². The summed E-state index contributed by atoms with van der Waals surface area (Å²) in [7, 11) is 0. The van der Waals surface area contributed by atoms with Gasteiger partial charge >= 0.3 is 0 Å². The van der Waals surface area contributed by atoms with E-state index in [-0.39, 0.29) is 5.75 Å². The second kappa shape index (κ2) is 5.83. The number of hydrogen-bond donors (Lipinski definition) is 3. The van der Waals surface area contributed by atoms with E-state index in [9.17, 15) is 10.2 Å². The zero-order valence-electron chi connectivity index (χ0n) is 12.8. The molecule has 1 atom stereocenters. The van der Waals surface area contributed by atoms with Gasteiger partial charge in [0.1, 0.15) is 11.9 Å². The third kappa shape index (κ3) is 2.53. The lowest BCUT2D eigenvalue weighted by Crippen LogP contribution is -2.00. The summed E-state index contributed by atoms with van der Waals surface area (Å²) in [6.07, 6.45) is 4.34. The molecule has 0 aliphatic rings. The van der Waals surface area contributed by atoms with Crippen LogP contribution in [0.5, 0.6) is 5.75 Å². The van der Waals surface area contributed by atoms with Crippen LogP contribution in [0.2, 0.25) is 0 Å². The average molecular weight is 316 g/mol. The molecular formula is C20H16N2O2. The molecule has 2 heterocycles. The van der Waals surface area contributed by atoms with Gasteiger partial charge in [0.2, 0.25) is 0 Å². The van der Waals surface area contributed by atoms with Crippen molar-refractivity contribution in [2.75, 3.05) is 0 Å². The third-order valence-corrected chi connectivity index (χ3v) is 4.16. The molecule has 4 nitrogen and oxygen atoms in total. The molecule has 24 heavy (non-hydrogen) atoms. The Balaban J connectivity index is 1.84. The minimum Gasteiger partial charge on any atom is -0.508 e. The number of aliphatic hydroxyl groups excluding tert-OH is 1. The number of H-pyrrole nitrogens is 1. The van der Waals surface area contributed by atoms with E-state index in [0.717, 1.165) is 22.0 Å². The molecule has 3 N–H and O–H groups in total. The Morgan fingerprint density at radius 1 is 0.958 bits per heavy atom. The van der Waals surface area contributed by atoms with Gasteiger partial charge in [0.05, 0.1) is 0 Å². The molecule has 0 bridgehead atoms. The minimum absolute atomic E-state index is 0.123. The number of benzene rings is 2. The van der Waals surface area contributed by atoms with Crippen molar-refractivity contribution in [3.63, 3.8) is 0 Å². The van der Waals surface area contributed by atoms with Crippen LogP contribution in [0, 0.1) is 0 Å². The summed E-state index contributed by atoms with van der Waals surface area (Å²) < 4.78 is 0. The molecule has 1 unspecified atom stereocenters. The quantitative estimate of drug-likeness (QED) is 0.535. The van der Waals surface area contributed by atoms with Crippen molar-refractivity contribution in [3.05, 3.63) is 84.3 Å². The van der Waals surface area contributed by atoms with E-state index in [1.807, 2.05) is 42.6 Å². The number of pyridine rings is 1. The molecule has 4 aromatic rings. The molecule has 0 radical (unpaired) electrons. The second-order valence-corrected chi connectivity index (χ2v) is 5.75. The van der Waals surface area contributed by atoms with Crippen LogP contribution in [0.1, 0.15) is 17.2 Å². The Kier molecular flexibility index (Phi) is 3.52. The van der Waals surface area contributed by atoms with Crippen molar-refractivity contribution < 1.29 is 10.2 Å². The van der Waals surface area contributed by atoms with Crippen LogP contribution >= 0.6 is 0 Å². The lowest BCUT2D eigenvalue weighted by atomic mass is 9.96. The highest BCUT2D eigenvalue weighted by atomic mass is 16.3. The molecule has 0 spiro atoms. The fourth-order valence-corrected chi connectivity index (χ4v) is 3.02. The van der Waals surface area contributed by atoms with Crippen LogP contribution in [0.25, 0.3) is 22.0 Å². The largest absolute Gasteiger partial charge is 0.508 e. The summed E-state index contributed by atoms with van der Waals surface area (Å²) in [6, 6.07) is 16.8. The number of phenols is 1. The highest BCUT2D eigenvalue weighted by molar-refractivity contribution is 5.95. The Morgan fingerprint density at radius 3 is 2.71 bits per heavy atom. The van der Waals surface area contributed by atoms with Crippen molar-refractivity contribution in [2.45, 2.75) is 6.10 Å². The van der Waals surface area contributed by atoms with Gasteiger partial charge in [-0.3, -0.25) is 4.98 Å². The van der Waals surface area contributed by atoms with Gasteiger partial charge in [-0.2, -0.15) is 0 Å². The van der Waals surface area contributed by atoms with E-state index in [2.05, 4.69) is 9.97 Å². The fraction of sp³-hybridized carbons (Fsp3) is 0.0500. The minimum atomic E-state index is -0.838. The van der Waals surface area contributed by atoms with Crippen LogP contribution in [0.3, 0.4) is 0 Å². The van der Waals surface area contributed by atoms with Crippen molar-refractivity contribution in [1.82, 2.24) is 9.97 Å². The van der Waals surface area contributed by atoms with E-state index in [1.54, 1.807) is 30.6 Å². The van der Waals surface area contributed by atoms with Crippen LogP contribution < -0.4 is 0 Å². The molecule has 4 rings (SSSR count). The van der Waals surface area contributed by atoms with Gasteiger partial charge in [0, 0.05) is 35.1 Å². The fourth-order valence-electron chi connectivity index (χ4n) is 3.02.